The molecule has 0 aromatic carbocycles. The monoisotopic (exact) mass is 285 g/mol. The molecule has 7 heteroatoms. The van der Waals surface area contributed by atoms with Crippen LogP contribution in [0.15, 0.2) is 0 Å². The van der Waals surface area contributed by atoms with E-state index in [1.807, 2.05) is 6.92 Å². The molecule has 1 aliphatic heterocycles. The van der Waals surface area contributed by atoms with Crippen LogP contribution in [0.25, 0.3) is 0 Å². The summed E-state index contributed by atoms with van der Waals surface area (Å²) >= 11 is 1.14. The predicted octanol–water partition coefficient (Wildman–Crippen LogP) is 1.02. The van der Waals surface area contributed by atoms with Crippen LogP contribution in [0.5, 0.6) is 0 Å². The first kappa shape index (κ1) is 14.4. The number of ether oxygens (including phenoxy) is 2. The molecule has 2 atom stereocenters. The Kier molecular flexibility index (Phi) is 5.24. The highest BCUT2D eigenvalue weighted by Gasteiger charge is 2.31. The van der Waals surface area contributed by atoms with Crippen molar-refractivity contribution in [2.75, 3.05) is 19.8 Å². The van der Waals surface area contributed by atoms with Gasteiger partial charge in [-0.25, -0.2) is 0 Å². The van der Waals surface area contributed by atoms with E-state index < -0.39 is 0 Å². The summed E-state index contributed by atoms with van der Waals surface area (Å²) in [6, 6.07) is -0.0935. The lowest BCUT2D eigenvalue weighted by Crippen LogP contribution is -2.43. The molecule has 0 unspecified atom stereocenters. The van der Waals surface area contributed by atoms with Crippen molar-refractivity contribution >= 4 is 17.4 Å². The molecule has 2 heterocycles. The van der Waals surface area contributed by atoms with Crippen LogP contribution in [-0.2, 0) is 15.9 Å². The van der Waals surface area contributed by atoms with Crippen molar-refractivity contribution < 1.29 is 14.3 Å². The SMILES string of the molecule is CCCc1nnsc1C(=O)N[C@H]1COC[C@@H]1OCC. The maximum atomic E-state index is 12.2. The summed E-state index contributed by atoms with van der Waals surface area (Å²) in [6.07, 6.45) is 1.65. The number of aromatic nitrogens is 2. The summed E-state index contributed by atoms with van der Waals surface area (Å²) in [5.41, 5.74) is 0.775. The van der Waals surface area contributed by atoms with Gasteiger partial charge in [-0.05, 0) is 24.9 Å². The van der Waals surface area contributed by atoms with Gasteiger partial charge < -0.3 is 14.8 Å². The lowest BCUT2D eigenvalue weighted by molar-refractivity contribution is 0.0403. The number of amides is 1. The summed E-state index contributed by atoms with van der Waals surface area (Å²) in [4.78, 5) is 12.8. The topological polar surface area (TPSA) is 73.3 Å². The molecule has 6 nitrogen and oxygen atoms in total. The van der Waals surface area contributed by atoms with E-state index in [2.05, 4.69) is 21.8 Å². The second-order valence-corrected chi connectivity index (χ2v) is 5.16. The van der Waals surface area contributed by atoms with Gasteiger partial charge in [0.15, 0.2) is 0 Å². The van der Waals surface area contributed by atoms with Crippen LogP contribution in [0.4, 0.5) is 0 Å². The molecule has 1 N–H and O–H groups in total. The third-order valence-corrected chi connectivity index (χ3v) is 3.74. The molecule has 19 heavy (non-hydrogen) atoms. The van der Waals surface area contributed by atoms with E-state index in [0.717, 1.165) is 30.1 Å². The third kappa shape index (κ3) is 3.49. The molecule has 2 rings (SSSR count). The van der Waals surface area contributed by atoms with Crippen molar-refractivity contribution in [1.29, 1.82) is 0 Å². The zero-order valence-corrected chi connectivity index (χ0v) is 12.0. The second-order valence-electron chi connectivity index (χ2n) is 4.41. The van der Waals surface area contributed by atoms with Gasteiger partial charge in [0.2, 0.25) is 0 Å². The van der Waals surface area contributed by atoms with Crippen LogP contribution >= 0.6 is 11.5 Å². The van der Waals surface area contributed by atoms with E-state index in [4.69, 9.17) is 9.47 Å². The highest BCUT2D eigenvalue weighted by Crippen LogP contribution is 2.15. The Morgan fingerprint density at radius 1 is 1.53 bits per heavy atom. The molecular weight excluding hydrogens is 266 g/mol. The first-order valence-corrected chi connectivity index (χ1v) is 7.35. The second kappa shape index (κ2) is 6.93. The zero-order valence-electron chi connectivity index (χ0n) is 11.2. The Morgan fingerprint density at radius 3 is 3.11 bits per heavy atom. The van der Waals surface area contributed by atoms with E-state index >= 15 is 0 Å². The zero-order chi connectivity index (χ0) is 13.7. The number of nitrogens with one attached hydrogen (secondary N) is 1. The highest BCUT2D eigenvalue weighted by atomic mass is 32.1. The summed E-state index contributed by atoms with van der Waals surface area (Å²) < 4.78 is 14.8. The molecule has 0 spiro atoms. The van der Waals surface area contributed by atoms with Crippen LogP contribution in [0.2, 0.25) is 0 Å². The van der Waals surface area contributed by atoms with E-state index in [-0.39, 0.29) is 18.1 Å². The van der Waals surface area contributed by atoms with Gasteiger partial charge in [-0.15, -0.1) is 5.10 Å². The van der Waals surface area contributed by atoms with E-state index in [0.29, 0.717) is 24.7 Å². The molecule has 0 bridgehead atoms. The Morgan fingerprint density at radius 2 is 2.37 bits per heavy atom. The molecule has 1 fully saturated rings. The number of carbonyl (C=O) groups is 1. The molecule has 1 saturated heterocycles. The van der Waals surface area contributed by atoms with Crippen LogP contribution in [0.3, 0.4) is 0 Å². The van der Waals surface area contributed by atoms with Gasteiger partial charge in [-0.1, -0.05) is 17.8 Å². The lowest BCUT2D eigenvalue weighted by atomic mass is 10.2. The first-order valence-electron chi connectivity index (χ1n) is 6.57. The summed E-state index contributed by atoms with van der Waals surface area (Å²) in [5, 5.41) is 6.96. The van der Waals surface area contributed by atoms with Crippen molar-refractivity contribution in [3.8, 4) is 0 Å². The molecule has 0 radical (unpaired) electrons. The number of nitrogens with zero attached hydrogens (tertiary/aromatic N) is 2. The molecule has 0 saturated carbocycles. The summed E-state index contributed by atoms with van der Waals surface area (Å²) in [5.74, 6) is -0.126. The van der Waals surface area contributed by atoms with Gasteiger partial charge in [0.1, 0.15) is 11.0 Å². The molecule has 0 aliphatic carbocycles. The van der Waals surface area contributed by atoms with Crippen molar-refractivity contribution in [3.05, 3.63) is 10.6 Å². The minimum absolute atomic E-state index is 0.0653. The van der Waals surface area contributed by atoms with E-state index in [1.165, 1.54) is 0 Å². The normalized spacial score (nSPS) is 22.6. The minimum atomic E-state index is -0.126. The minimum Gasteiger partial charge on any atom is -0.376 e. The van der Waals surface area contributed by atoms with Gasteiger partial charge in [-0.2, -0.15) is 0 Å². The number of carbonyl (C=O) groups excluding carboxylic acids is 1. The third-order valence-electron chi connectivity index (χ3n) is 2.97. The van der Waals surface area contributed by atoms with Gasteiger partial charge in [0.25, 0.3) is 5.91 Å². The number of rotatable bonds is 6. The molecule has 1 amide bonds. The average Bonchev–Trinajstić information content (AvgIpc) is 3.00. The van der Waals surface area contributed by atoms with Crippen molar-refractivity contribution in [1.82, 2.24) is 14.9 Å². The van der Waals surface area contributed by atoms with Crippen LogP contribution in [0.1, 0.15) is 35.6 Å². The van der Waals surface area contributed by atoms with Crippen LogP contribution in [-0.4, -0.2) is 47.5 Å². The maximum Gasteiger partial charge on any atom is 0.265 e. The smallest absolute Gasteiger partial charge is 0.265 e. The Balaban J connectivity index is 1.98. The fraction of sp³-hybridized carbons (Fsp3) is 0.750. The van der Waals surface area contributed by atoms with Crippen LogP contribution in [0, 0.1) is 0 Å². The lowest BCUT2D eigenvalue weighted by Gasteiger charge is -2.18. The molecule has 1 aliphatic rings. The van der Waals surface area contributed by atoms with Crippen molar-refractivity contribution in [2.24, 2.45) is 0 Å². The van der Waals surface area contributed by atoms with Crippen molar-refractivity contribution in [2.45, 2.75) is 38.8 Å². The Bertz CT molecular complexity index is 424. The highest BCUT2D eigenvalue weighted by molar-refractivity contribution is 7.08. The fourth-order valence-electron chi connectivity index (χ4n) is 2.06. The quantitative estimate of drug-likeness (QED) is 0.845. The summed E-state index contributed by atoms with van der Waals surface area (Å²) in [6.45, 7) is 5.62. The predicted molar refractivity (Wildman–Crippen MR) is 71.4 cm³/mol. The van der Waals surface area contributed by atoms with Crippen molar-refractivity contribution in [3.63, 3.8) is 0 Å². The van der Waals surface area contributed by atoms with Gasteiger partial charge in [-0.3, -0.25) is 4.79 Å². The van der Waals surface area contributed by atoms with Gasteiger partial charge >= 0.3 is 0 Å². The number of hydrogen-bond donors (Lipinski definition) is 1. The summed E-state index contributed by atoms with van der Waals surface area (Å²) in [7, 11) is 0. The molecule has 106 valence electrons. The molecule has 1 aromatic rings. The van der Waals surface area contributed by atoms with E-state index in [1.54, 1.807) is 0 Å². The standard InChI is InChI=1S/C12H19N3O3S/c1-3-5-8-11(19-15-14-8)12(16)13-9-6-17-7-10(9)18-4-2/h9-10H,3-7H2,1-2H3,(H,13,16)/t9-,10-/m0/s1. The molecular formula is C12H19N3O3S. The molecule has 1 aromatic heterocycles. The Hall–Kier alpha value is -1.05. The van der Waals surface area contributed by atoms with Gasteiger partial charge in [0, 0.05) is 6.61 Å². The first-order chi connectivity index (χ1) is 9.26. The fourth-order valence-corrected chi connectivity index (χ4v) is 2.67. The number of aryl methyl sites for hydroxylation is 1. The average molecular weight is 285 g/mol. The van der Waals surface area contributed by atoms with Crippen LogP contribution < -0.4 is 5.32 Å². The largest absolute Gasteiger partial charge is 0.376 e. The number of hydrogen-bond acceptors (Lipinski definition) is 6. The maximum absolute atomic E-state index is 12.2. The van der Waals surface area contributed by atoms with E-state index in [9.17, 15) is 4.79 Å². The Labute approximate surface area is 116 Å². The van der Waals surface area contributed by atoms with Gasteiger partial charge in [0.05, 0.1) is 24.9 Å².